The molecule has 0 bridgehead atoms. The van der Waals surface area contributed by atoms with E-state index in [0.29, 0.717) is 29.4 Å². The second kappa shape index (κ2) is 4.66. The van der Waals surface area contributed by atoms with E-state index < -0.39 is 0 Å². The van der Waals surface area contributed by atoms with Crippen LogP contribution in [0.25, 0.3) is 5.65 Å². The van der Waals surface area contributed by atoms with Gasteiger partial charge >= 0.3 is 5.97 Å². The lowest BCUT2D eigenvalue weighted by Crippen LogP contribution is -2.08. The Morgan fingerprint density at radius 2 is 2.32 bits per heavy atom. The lowest BCUT2D eigenvalue weighted by Gasteiger charge is -2.06. The minimum absolute atomic E-state index is 0.136. The van der Waals surface area contributed by atoms with Gasteiger partial charge in [-0.05, 0) is 37.3 Å². The molecule has 2 heterocycles. The molecule has 1 aliphatic rings. The van der Waals surface area contributed by atoms with Gasteiger partial charge in [0.25, 0.3) is 0 Å². The topological polar surface area (TPSA) is 63.8 Å². The maximum absolute atomic E-state index is 12.0. The summed E-state index contributed by atoms with van der Waals surface area (Å²) in [4.78, 5) is 16.3. The van der Waals surface area contributed by atoms with Gasteiger partial charge in [-0.3, -0.25) is 0 Å². The van der Waals surface area contributed by atoms with Crippen molar-refractivity contribution in [3.8, 4) is 0 Å². The summed E-state index contributed by atoms with van der Waals surface area (Å²) in [6, 6.07) is 1.87. The number of pyridine rings is 1. The van der Waals surface area contributed by atoms with E-state index in [1.54, 1.807) is 13.1 Å². The first-order valence-corrected chi connectivity index (χ1v) is 6.52. The highest BCUT2D eigenvalue weighted by Gasteiger charge is 2.26. The van der Waals surface area contributed by atoms with Gasteiger partial charge in [0.05, 0.1) is 18.9 Å². The minimum Gasteiger partial charge on any atom is -0.462 e. The van der Waals surface area contributed by atoms with Crippen LogP contribution in [-0.2, 0) is 11.3 Å². The number of aliphatic hydroxyl groups excluding tert-OH is 1. The number of fused-ring (bicyclic) bond motifs is 1. The van der Waals surface area contributed by atoms with Gasteiger partial charge < -0.3 is 14.2 Å². The summed E-state index contributed by atoms with van der Waals surface area (Å²) in [5.41, 5.74) is 2.72. The fourth-order valence-electron chi connectivity index (χ4n) is 2.25. The largest absolute Gasteiger partial charge is 0.462 e. The molecule has 0 spiro atoms. The van der Waals surface area contributed by atoms with Crippen molar-refractivity contribution in [2.45, 2.75) is 32.3 Å². The molecule has 0 aliphatic heterocycles. The number of esters is 1. The summed E-state index contributed by atoms with van der Waals surface area (Å²) in [5.74, 6) is 0.183. The minimum atomic E-state index is -0.356. The highest BCUT2D eigenvalue weighted by atomic mass is 16.5. The summed E-state index contributed by atoms with van der Waals surface area (Å²) >= 11 is 0. The van der Waals surface area contributed by atoms with Crippen LogP contribution in [0.2, 0.25) is 0 Å². The van der Waals surface area contributed by atoms with Crippen LogP contribution in [0.3, 0.4) is 0 Å². The highest BCUT2D eigenvalue weighted by Crippen LogP contribution is 2.40. The number of hydrogen-bond acceptors (Lipinski definition) is 4. The molecule has 1 saturated carbocycles. The Labute approximate surface area is 110 Å². The van der Waals surface area contributed by atoms with Gasteiger partial charge in [0.2, 0.25) is 0 Å². The van der Waals surface area contributed by atoms with Crippen LogP contribution in [0.15, 0.2) is 18.5 Å². The third kappa shape index (κ3) is 2.21. The first-order chi connectivity index (χ1) is 9.22. The zero-order valence-corrected chi connectivity index (χ0v) is 10.8. The Bertz CT molecular complexity index is 629. The van der Waals surface area contributed by atoms with Gasteiger partial charge in [0.15, 0.2) is 5.65 Å². The molecule has 0 amide bonds. The summed E-state index contributed by atoms with van der Waals surface area (Å²) in [5, 5.41) is 9.17. The number of aromatic nitrogens is 2. The average Bonchev–Trinajstić information content (AvgIpc) is 3.17. The molecule has 5 heteroatoms. The van der Waals surface area contributed by atoms with E-state index >= 15 is 0 Å². The Kier molecular flexibility index (Phi) is 2.98. The van der Waals surface area contributed by atoms with E-state index in [0.717, 1.165) is 18.4 Å². The molecule has 0 saturated heterocycles. The third-order valence-corrected chi connectivity index (χ3v) is 3.33. The predicted molar refractivity (Wildman–Crippen MR) is 69.0 cm³/mol. The molecular formula is C14H16N2O3. The molecule has 1 aliphatic carbocycles. The first-order valence-electron chi connectivity index (χ1n) is 6.52. The molecule has 3 rings (SSSR count). The molecule has 0 unspecified atom stereocenters. The van der Waals surface area contributed by atoms with Gasteiger partial charge in [-0.25, -0.2) is 9.78 Å². The molecule has 5 nitrogen and oxygen atoms in total. The quantitative estimate of drug-likeness (QED) is 0.852. The van der Waals surface area contributed by atoms with Crippen LogP contribution in [0.1, 0.15) is 47.3 Å². The van der Waals surface area contributed by atoms with Crippen molar-refractivity contribution in [2.24, 2.45) is 0 Å². The van der Waals surface area contributed by atoms with E-state index in [1.165, 1.54) is 0 Å². The summed E-state index contributed by atoms with van der Waals surface area (Å²) < 4.78 is 6.89. The number of imidazole rings is 1. The molecule has 2 aromatic heterocycles. The van der Waals surface area contributed by atoms with E-state index in [4.69, 9.17) is 4.74 Å². The highest BCUT2D eigenvalue weighted by molar-refractivity contribution is 5.96. The lowest BCUT2D eigenvalue weighted by atomic mass is 10.1. The molecule has 1 fully saturated rings. The Morgan fingerprint density at radius 3 is 2.95 bits per heavy atom. The number of rotatable bonds is 4. The standard InChI is InChI=1S/C14H16N2O3/c1-2-19-14(18)12-5-10(9-3-4-9)6-16-7-11(8-17)15-13(12)16/h5-7,9,17H,2-4,8H2,1H3. The van der Waals surface area contributed by atoms with Crippen molar-refractivity contribution < 1.29 is 14.6 Å². The second-order valence-electron chi connectivity index (χ2n) is 4.80. The van der Waals surface area contributed by atoms with Gasteiger partial charge in [0, 0.05) is 12.4 Å². The molecule has 1 N–H and O–H groups in total. The van der Waals surface area contributed by atoms with Gasteiger partial charge in [-0.1, -0.05) is 0 Å². The number of carbonyl (C=O) groups is 1. The van der Waals surface area contributed by atoms with Crippen LogP contribution >= 0.6 is 0 Å². The molecule has 0 atom stereocenters. The average molecular weight is 260 g/mol. The molecule has 100 valence electrons. The smallest absolute Gasteiger partial charge is 0.341 e. The normalized spacial score (nSPS) is 14.8. The predicted octanol–water partition coefficient (Wildman–Crippen LogP) is 1.88. The lowest BCUT2D eigenvalue weighted by molar-refractivity contribution is 0.0528. The number of carbonyl (C=O) groups excluding carboxylic acids is 1. The SMILES string of the molecule is CCOC(=O)c1cc(C2CC2)cn2cc(CO)nc12. The van der Waals surface area contributed by atoms with E-state index in [1.807, 2.05) is 16.7 Å². The monoisotopic (exact) mass is 260 g/mol. The van der Waals surface area contributed by atoms with Crippen LogP contribution in [0.4, 0.5) is 0 Å². The molecule has 0 aromatic carbocycles. The Morgan fingerprint density at radius 1 is 1.53 bits per heavy atom. The van der Waals surface area contributed by atoms with Crippen molar-refractivity contribution in [3.05, 3.63) is 35.3 Å². The molecular weight excluding hydrogens is 244 g/mol. The van der Waals surface area contributed by atoms with Crippen molar-refractivity contribution >= 4 is 11.6 Å². The third-order valence-electron chi connectivity index (χ3n) is 3.33. The van der Waals surface area contributed by atoms with Crippen LogP contribution < -0.4 is 0 Å². The second-order valence-corrected chi connectivity index (χ2v) is 4.80. The summed E-state index contributed by atoms with van der Waals surface area (Å²) in [6.07, 6.45) is 6.07. The molecule has 0 radical (unpaired) electrons. The number of aliphatic hydroxyl groups is 1. The van der Waals surface area contributed by atoms with Gasteiger partial charge in [0.1, 0.15) is 5.56 Å². The maximum Gasteiger partial charge on any atom is 0.341 e. The Balaban J connectivity index is 2.14. The molecule has 2 aromatic rings. The van der Waals surface area contributed by atoms with E-state index in [9.17, 15) is 9.90 Å². The maximum atomic E-state index is 12.0. The van der Waals surface area contributed by atoms with Crippen LogP contribution in [0.5, 0.6) is 0 Å². The van der Waals surface area contributed by atoms with Crippen molar-refractivity contribution in [2.75, 3.05) is 6.61 Å². The van der Waals surface area contributed by atoms with Gasteiger partial charge in [-0.2, -0.15) is 0 Å². The van der Waals surface area contributed by atoms with Crippen LogP contribution in [-0.4, -0.2) is 27.1 Å². The van der Waals surface area contributed by atoms with Gasteiger partial charge in [-0.15, -0.1) is 0 Å². The van der Waals surface area contributed by atoms with E-state index in [2.05, 4.69) is 4.98 Å². The van der Waals surface area contributed by atoms with Crippen LogP contribution in [0, 0.1) is 0 Å². The van der Waals surface area contributed by atoms with Crippen molar-refractivity contribution in [1.82, 2.24) is 9.38 Å². The fraction of sp³-hybridized carbons (Fsp3) is 0.429. The van der Waals surface area contributed by atoms with E-state index in [-0.39, 0.29) is 12.6 Å². The number of ether oxygens (including phenoxy) is 1. The zero-order chi connectivity index (χ0) is 13.4. The van der Waals surface area contributed by atoms with Crippen molar-refractivity contribution in [3.63, 3.8) is 0 Å². The summed E-state index contributed by atoms with van der Waals surface area (Å²) in [7, 11) is 0. The zero-order valence-electron chi connectivity index (χ0n) is 10.8. The summed E-state index contributed by atoms with van der Waals surface area (Å²) in [6.45, 7) is 1.99. The number of nitrogens with zero attached hydrogens (tertiary/aromatic N) is 2. The number of hydrogen-bond donors (Lipinski definition) is 1. The fourth-order valence-corrected chi connectivity index (χ4v) is 2.25. The molecule has 19 heavy (non-hydrogen) atoms. The Hall–Kier alpha value is -1.88. The first kappa shape index (κ1) is 12.2. The van der Waals surface area contributed by atoms with Crippen molar-refractivity contribution in [1.29, 1.82) is 0 Å².